The molecule has 0 spiro atoms. The Bertz CT molecular complexity index is 278. The summed E-state index contributed by atoms with van der Waals surface area (Å²) in [6.07, 6.45) is 2.28. The molecule has 0 aliphatic heterocycles. The van der Waals surface area contributed by atoms with Crippen LogP contribution in [0.15, 0.2) is 0 Å². The van der Waals surface area contributed by atoms with Crippen molar-refractivity contribution in [1.29, 1.82) is 0 Å². The summed E-state index contributed by atoms with van der Waals surface area (Å²) in [4.78, 5) is 11.8. The average Bonchev–Trinajstić information content (AvgIpc) is 2.27. The predicted octanol–water partition coefficient (Wildman–Crippen LogP) is 1.70. The zero-order valence-corrected chi connectivity index (χ0v) is 11.9. The quantitative estimate of drug-likeness (QED) is 0.752. The molecular weight excluding hydrogens is 230 g/mol. The van der Waals surface area contributed by atoms with Gasteiger partial charge in [-0.1, -0.05) is 27.2 Å². The summed E-state index contributed by atoms with van der Waals surface area (Å²) in [5, 5.41) is 9.32. The third-order valence-electron chi connectivity index (χ3n) is 4.02. The largest absolute Gasteiger partial charge is 0.461 e. The van der Waals surface area contributed by atoms with E-state index >= 15 is 0 Å². The van der Waals surface area contributed by atoms with Gasteiger partial charge in [-0.05, 0) is 37.5 Å². The molecule has 1 saturated carbocycles. The van der Waals surface area contributed by atoms with Crippen LogP contribution in [0, 0.1) is 17.8 Å². The van der Waals surface area contributed by atoms with E-state index in [1.54, 1.807) is 0 Å². The van der Waals surface area contributed by atoms with E-state index in [1.165, 1.54) is 13.3 Å². The number of carbonyl (C=O) groups is 1. The fourth-order valence-corrected chi connectivity index (χ4v) is 2.67. The molecule has 1 rings (SSSR count). The van der Waals surface area contributed by atoms with Crippen molar-refractivity contribution in [1.82, 2.24) is 0 Å². The number of carbonyl (C=O) groups excluding carboxylic acids is 1. The monoisotopic (exact) mass is 257 g/mol. The molecule has 0 aromatic carbocycles. The maximum absolute atomic E-state index is 11.8. The second kappa shape index (κ2) is 6.53. The Labute approximate surface area is 110 Å². The van der Waals surface area contributed by atoms with Gasteiger partial charge in [-0.2, -0.15) is 0 Å². The molecule has 0 saturated heterocycles. The van der Waals surface area contributed by atoms with Crippen LogP contribution in [0.5, 0.6) is 0 Å². The second-order valence-corrected chi connectivity index (χ2v) is 6.07. The molecular formula is C14H27NO3. The van der Waals surface area contributed by atoms with Gasteiger partial charge in [0.2, 0.25) is 0 Å². The van der Waals surface area contributed by atoms with E-state index in [1.807, 2.05) is 0 Å². The Morgan fingerprint density at radius 3 is 2.44 bits per heavy atom. The van der Waals surface area contributed by atoms with Gasteiger partial charge in [0, 0.05) is 0 Å². The Morgan fingerprint density at radius 2 is 1.94 bits per heavy atom. The minimum atomic E-state index is -0.935. The van der Waals surface area contributed by atoms with Crippen LogP contribution in [0.3, 0.4) is 0 Å². The first-order valence-electron chi connectivity index (χ1n) is 6.97. The Hall–Kier alpha value is -0.610. The van der Waals surface area contributed by atoms with Gasteiger partial charge in [0.25, 0.3) is 0 Å². The van der Waals surface area contributed by atoms with Crippen LogP contribution in [0.25, 0.3) is 0 Å². The minimum absolute atomic E-state index is 0.0500. The average molecular weight is 257 g/mol. The zero-order chi connectivity index (χ0) is 13.9. The van der Waals surface area contributed by atoms with Gasteiger partial charge < -0.3 is 15.6 Å². The highest BCUT2D eigenvalue weighted by Crippen LogP contribution is 2.35. The fourth-order valence-electron chi connectivity index (χ4n) is 2.67. The number of ether oxygens (including phenoxy) is 1. The molecule has 18 heavy (non-hydrogen) atoms. The number of aliphatic hydroxyl groups is 1. The summed E-state index contributed by atoms with van der Waals surface area (Å²) < 4.78 is 5.53. The van der Waals surface area contributed by atoms with Gasteiger partial charge in [-0.3, -0.25) is 4.79 Å². The predicted molar refractivity (Wildman–Crippen MR) is 70.9 cm³/mol. The lowest BCUT2D eigenvalue weighted by molar-refractivity contribution is -0.159. The number of nitrogens with two attached hydrogens (primary N) is 1. The van der Waals surface area contributed by atoms with Crippen LogP contribution in [0.4, 0.5) is 0 Å². The molecule has 106 valence electrons. The molecule has 1 aliphatic rings. The third kappa shape index (κ3) is 3.95. The molecule has 0 amide bonds. The smallest absolute Gasteiger partial charge is 0.325 e. The molecule has 0 radical (unpaired) electrons. The van der Waals surface area contributed by atoms with Gasteiger partial charge >= 0.3 is 5.97 Å². The van der Waals surface area contributed by atoms with Crippen LogP contribution in [-0.2, 0) is 9.53 Å². The molecule has 4 heteroatoms. The van der Waals surface area contributed by atoms with E-state index in [0.29, 0.717) is 17.8 Å². The van der Waals surface area contributed by atoms with Crippen LogP contribution in [0.2, 0.25) is 0 Å². The lowest BCUT2D eigenvalue weighted by Gasteiger charge is -2.37. The first kappa shape index (κ1) is 15.4. The Balaban J connectivity index is 2.63. The van der Waals surface area contributed by atoms with Crippen molar-refractivity contribution in [3.8, 4) is 0 Å². The zero-order valence-electron chi connectivity index (χ0n) is 11.9. The molecule has 0 aromatic heterocycles. The highest BCUT2D eigenvalue weighted by Gasteiger charge is 2.34. The number of esters is 1. The van der Waals surface area contributed by atoms with Gasteiger partial charge in [0.1, 0.15) is 12.1 Å². The van der Waals surface area contributed by atoms with Crippen LogP contribution in [-0.4, -0.2) is 29.3 Å². The topological polar surface area (TPSA) is 72.5 Å². The summed E-state index contributed by atoms with van der Waals surface area (Å²) in [6, 6.07) is -0.935. The molecule has 0 heterocycles. The molecule has 5 atom stereocenters. The lowest BCUT2D eigenvalue weighted by Crippen LogP contribution is -2.45. The van der Waals surface area contributed by atoms with Crippen LogP contribution < -0.4 is 5.73 Å². The van der Waals surface area contributed by atoms with Crippen LogP contribution >= 0.6 is 0 Å². The molecule has 1 fully saturated rings. The number of rotatable bonds is 4. The van der Waals surface area contributed by atoms with E-state index in [0.717, 1.165) is 12.8 Å². The highest BCUT2D eigenvalue weighted by atomic mass is 16.5. The second-order valence-electron chi connectivity index (χ2n) is 6.07. The fraction of sp³-hybridized carbons (Fsp3) is 0.929. The normalized spacial score (nSPS) is 32.1. The lowest BCUT2D eigenvalue weighted by atomic mass is 9.75. The van der Waals surface area contributed by atoms with E-state index in [9.17, 15) is 9.90 Å². The van der Waals surface area contributed by atoms with Crippen molar-refractivity contribution in [3.63, 3.8) is 0 Å². The number of aliphatic hydroxyl groups excluding tert-OH is 1. The van der Waals surface area contributed by atoms with Gasteiger partial charge in [-0.25, -0.2) is 0 Å². The van der Waals surface area contributed by atoms with Gasteiger partial charge in [0.05, 0.1) is 6.10 Å². The van der Waals surface area contributed by atoms with E-state index < -0.39 is 18.1 Å². The van der Waals surface area contributed by atoms with Crippen LogP contribution in [0.1, 0.15) is 47.0 Å². The molecule has 0 bridgehead atoms. The van der Waals surface area contributed by atoms with E-state index in [4.69, 9.17) is 10.5 Å². The molecule has 0 aromatic rings. The van der Waals surface area contributed by atoms with E-state index in [2.05, 4.69) is 20.8 Å². The molecule has 3 unspecified atom stereocenters. The summed E-state index contributed by atoms with van der Waals surface area (Å²) in [6.45, 7) is 8.02. The summed E-state index contributed by atoms with van der Waals surface area (Å²) in [5.41, 5.74) is 5.61. The summed E-state index contributed by atoms with van der Waals surface area (Å²) in [7, 11) is 0. The summed E-state index contributed by atoms with van der Waals surface area (Å²) in [5.74, 6) is 1.01. The van der Waals surface area contributed by atoms with Gasteiger partial charge in [0.15, 0.2) is 0 Å². The third-order valence-corrected chi connectivity index (χ3v) is 4.02. The van der Waals surface area contributed by atoms with Crippen molar-refractivity contribution in [3.05, 3.63) is 0 Å². The standard InChI is InChI=1S/C14H27NO3/c1-8(2)11-6-5-9(3)7-12(11)18-14(17)13(15)10(4)16/h8-13,16H,5-7,15H2,1-4H3/t9?,10-,11?,12?,13+/m1/s1. The maximum Gasteiger partial charge on any atom is 0.325 e. The molecule has 4 nitrogen and oxygen atoms in total. The number of hydrogen-bond acceptors (Lipinski definition) is 4. The van der Waals surface area contributed by atoms with Crippen molar-refractivity contribution in [2.24, 2.45) is 23.5 Å². The Morgan fingerprint density at radius 1 is 1.33 bits per heavy atom. The SMILES string of the molecule is CC1CCC(C(C)C)C(OC(=O)[C@@H](N)[C@@H](C)O)C1. The summed E-state index contributed by atoms with van der Waals surface area (Å²) >= 11 is 0. The number of hydrogen-bond donors (Lipinski definition) is 2. The first-order chi connectivity index (χ1) is 8.32. The van der Waals surface area contributed by atoms with Gasteiger partial charge in [-0.15, -0.1) is 0 Å². The molecule has 1 aliphatic carbocycles. The Kier molecular flexibility index (Phi) is 5.60. The van der Waals surface area contributed by atoms with Crippen molar-refractivity contribution < 1.29 is 14.6 Å². The van der Waals surface area contributed by atoms with Crippen molar-refractivity contribution in [2.45, 2.75) is 65.2 Å². The van der Waals surface area contributed by atoms with Crippen molar-refractivity contribution in [2.75, 3.05) is 0 Å². The highest BCUT2D eigenvalue weighted by molar-refractivity contribution is 5.76. The first-order valence-corrected chi connectivity index (χ1v) is 6.97. The molecule has 3 N–H and O–H groups in total. The van der Waals surface area contributed by atoms with E-state index in [-0.39, 0.29) is 6.10 Å². The van der Waals surface area contributed by atoms with Crippen molar-refractivity contribution >= 4 is 5.97 Å². The minimum Gasteiger partial charge on any atom is -0.461 e. The maximum atomic E-state index is 11.8.